The second-order valence-corrected chi connectivity index (χ2v) is 3.96. The second kappa shape index (κ2) is 5.39. The third-order valence-corrected chi connectivity index (χ3v) is 2.33. The lowest BCUT2D eigenvalue weighted by atomic mass is 10.0. The van der Waals surface area contributed by atoms with Gasteiger partial charge in [-0.25, -0.2) is 4.79 Å². The van der Waals surface area contributed by atoms with E-state index in [1.807, 2.05) is 19.9 Å². The molecule has 1 N–H and O–H groups in total. The van der Waals surface area contributed by atoms with Crippen molar-refractivity contribution in [1.82, 2.24) is 0 Å². The molecule has 0 aromatic heterocycles. The molecule has 92 valence electrons. The first-order valence-corrected chi connectivity index (χ1v) is 5.20. The summed E-state index contributed by atoms with van der Waals surface area (Å²) in [6.07, 6.45) is 2.29. The quantitative estimate of drug-likeness (QED) is 0.810. The summed E-state index contributed by atoms with van der Waals surface area (Å²) in [5.41, 5.74) is 1.57. The minimum absolute atomic E-state index is 0.0682. The Morgan fingerprint density at radius 2 is 2.12 bits per heavy atom. The van der Waals surface area contributed by atoms with Gasteiger partial charge < -0.3 is 14.9 Å². The van der Waals surface area contributed by atoms with Gasteiger partial charge in [-0.2, -0.15) is 0 Å². The number of carboxylic acids is 1. The minimum atomic E-state index is -1.07. The van der Waals surface area contributed by atoms with Gasteiger partial charge in [0, 0.05) is 0 Å². The summed E-state index contributed by atoms with van der Waals surface area (Å²) >= 11 is 0. The van der Waals surface area contributed by atoms with Crippen LogP contribution in [-0.2, 0) is 6.42 Å². The fourth-order valence-corrected chi connectivity index (χ4v) is 1.40. The second-order valence-electron chi connectivity index (χ2n) is 3.96. The van der Waals surface area contributed by atoms with Crippen molar-refractivity contribution in [1.29, 1.82) is 0 Å². The standard InChI is InChI=1S/C13H16O4/c1-8(2)4-5-9-6-10(13(15)16)7-11(17-3)12(9)14/h4,6-7,14H,5H2,1-3H3,(H,15,16)/p-1. The molecule has 0 aliphatic rings. The highest BCUT2D eigenvalue weighted by atomic mass is 16.5. The molecule has 0 fully saturated rings. The van der Waals surface area contributed by atoms with Crippen LogP contribution in [0.5, 0.6) is 11.5 Å². The molecule has 4 nitrogen and oxygen atoms in total. The summed E-state index contributed by atoms with van der Waals surface area (Å²) in [6.45, 7) is 3.84. The predicted molar refractivity (Wildman–Crippen MR) is 62.5 cm³/mol. The number of carbonyl (C=O) groups is 1. The molecule has 0 unspecified atom stereocenters. The monoisotopic (exact) mass is 235 g/mol. The van der Waals surface area contributed by atoms with Crippen LogP contribution in [0.3, 0.4) is 0 Å². The summed E-state index contributed by atoms with van der Waals surface area (Å²) < 4.78 is 4.89. The van der Waals surface area contributed by atoms with E-state index >= 15 is 0 Å². The molecule has 1 aromatic carbocycles. The van der Waals surface area contributed by atoms with Crippen LogP contribution in [0, 0.1) is 0 Å². The van der Waals surface area contributed by atoms with Crippen molar-refractivity contribution in [3.05, 3.63) is 34.9 Å². The van der Waals surface area contributed by atoms with Gasteiger partial charge in [0.05, 0.1) is 12.7 Å². The maximum absolute atomic E-state index is 11.8. The lowest BCUT2D eigenvalue weighted by Gasteiger charge is -2.18. The van der Waals surface area contributed by atoms with Crippen LogP contribution in [-0.4, -0.2) is 18.2 Å². The highest BCUT2D eigenvalue weighted by Gasteiger charge is 2.08. The highest BCUT2D eigenvalue weighted by molar-refractivity contribution is 5.89. The summed E-state index contributed by atoms with van der Waals surface area (Å²) in [5, 5.41) is 20.8. The average Bonchev–Trinajstić information content (AvgIpc) is 2.27. The molecular formula is C13H15O4-. The summed E-state index contributed by atoms with van der Waals surface area (Å²) in [7, 11) is 1.35. The van der Waals surface area contributed by atoms with E-state index in [4.69, 9.17) is 9.84 Å². The van der Waals surface area contributed by atoms with E-state index in [2.05, 4.69) is 0 Å². The van der Waals surface area contributed by atoms with Crippen molar-refractivity contribution in [2.45, 2.75) is 20.3 Å². The Morgan fingerprint density at radius 1 is 1.47 bits per heavy atom. The predicted octanol–water partition coefficient (Wildman–Crippen LogP) is 1.98. The molecule has 4 heteroatoms. The minimum Gasteiger partial charge on any atom is -0.870 e. The fraction of sp³-hybridized carbons (Fsp3) is 0.308. The van der Waals surface area contributed by atoms with E-state index in [1.54, 1.807) is 0 Å². The van der Waals surface area contributed by atoms with Crippen LogP contribution in [0.15, 0.2) is 23.8 Å². The molecule has 0 atom stereocenters. The van der Waals surface area contributed by atoms with Gasteiger partial charge >= 0.3 is 5.97 Å². The van der Waals surface area contributed by atoms with Crippen LogP contribution in [0.25, 0.3) is 0 Å². The van der Waals surface area contributed by atoms with Gasteiger partial charge in [-0.1, -0.05) is 17.4 Å². The van der Waals surface area contributed by atoms with Crippen LogP contribution in [0.2, 0.25) is 0 Å². The summed E-state index contributed by atoms with van der Waals surface area (Å²) in [5.74, 6) is -1.25. The van der Waals surface area contributed by atoms with E-state index < -0.39 is 5.97 Å². The Balaban J connectivity index is 3.22. The Kier molecular flexibility index (Phi) is 4.15. The van der Waals surface area contributed by atoms with Crippen molar-refractivity contribution in [3.8, 4) is 11.5 Å². The maximum Gasteiger partial charge on any atom is 0.335 e. The van der Waals surface area contributed by atoms with Gasteiger partial charge in [-0.3, -0.25) is 0 Å². The number of hydrogen-bond acceptors (Lipinski definition) is 3. The number of methoxy groups -OCH3 is 1. The molecule has 0 bridgehead atoms. The third kappa shape index (κ3) is 3.24. The molecule has 0 aliphatic carbocycles. The molecule has 0 spiro atoms. The largest absolute Gasteiger partial charge is 0.870 e. The molecule has 1 aromatic rings. The van der Waals surface area contributed by atoms with Gasteiger partial charge in [0.2, 0.25) is 0 Å². The first-order chi connectivity index (χ1) is 7.95. The zero-order valence-corrected chi connectivity index (χ0v) is 10.1. The fourth-order valence-electron chi connectivity index (χ4n) is 1.40. The lowest BCUT2D eigenvalue weighted by Crippen LogP contribution is -2.05. The van der Waals surface area contributed by atoms with Crippen molar-refractivity contribution >= 4 is 5.97 Å². The van der Waals surface area contributed by atoms with Crippen LogP contribution >= 0.6 is 0 Å². The van der Waals surface area contributed by atoms with E-state index in [0.29, 0.717) is 12.0 Å². The summed E-state index contributed by atoms with van der Waals surface area (Å²) in [4.78, 5) is 10.9. The Bertz CT molecular complexity index is 457. The van der Waals surface area contributed by atoms with Gasteiger partial charge in [-0.15, -0.1) is 0 Å². The molecule has 0 aliphatic heterocycles. The van der Waals surface area contributed by atoms with Crippen molar-refractivity contribution < 1.29 is 19.7 Å². The van der Waals surface area contributed by atoms with Crippen molar-refractivity contribution in [2.75, 3.05) is 7.11 Å². The van der Waals surface area contributed by atoms with Crippen LogP contribution < -0.4 is 9.84 Å². The van der Waals surface area contributed by atoms with Crippen LogP contribution in [0.1, 0.15) is 29.8 Å². The first-order valence-electron chi connectivity index (χ1n) is 5.20. The zero-order chi connectivity index (χ0) is 13.0. The summed E-state index contributed by atoms with van der Waals surface area (Å²) in [6, 6.07) is 2.64. The molecule has 0 saturated heterocycles. The van der Waals surface area contributed by atoms with E-state index in [9.17, 15) is 9.90 Å². The van der Waals surface area contributed by atoms with Gasteiger partial charge in [0.25, 0.3) is 0 Å². The van der Waals surface area contributed by atoms with E-state index in [0.717, 1.165) is 5.57 Å². The SMILES string of the molecule is COc1cc(C(=O)O)cc(CC=C(C)C)c1[O-]. The molecular weight excluding hydrogens is 220 g/mol. The zero-order valence-electron chi connectivity index (χ0n) is 10.1. The number of allylic oxidation sites excluding steroid dienone is 2. The molecule has 1 rings (SSSR count). The van der Waals surface area contributed by atoms with Crippen molar-refractivity contribution in [2.24, 2.45) is 0 Å². The third-order valence-electron chi connectivity index (χ3n) is 2.33. The van der Waals surface area contributed by atoms with E-state index in [1.165, 1.54) is 19.2 Å². The van der Waals surface area contributed by atoms with E-state index in [-0.39, 0.29) is 17.1 Å². The first kappa shape index (κ1) is 13.1. The van der Waals surface area contributed by atoms with Gasteiger partial charge in [-0.05, 0) is 38.0 Å². The number of ether oxygens (including phenoxy) is 1. The van der Waals surface area contributed by atoms with Gasteiger partial charge in [0.15, 0.2) is 0 Å². The Hall–Kier alpha value is -1.97. The number of hydrogen-bond donors (Lipinski definition) is 1. The molecule has 0 amide bonds. The Labute approximate surface area is 100 Å². The van der Waals surface area contributed by atoms with Crippen molar-refractivity contribution in [3.63, 3.8) is 0 Å². The molecule has 0 radical (unpaired) electrons. The molecule has 17 heavy (non-hydrogen) atoms. The topological polar surface area (TPSA) is 69.6 Å². The maximum atomic E-state index is 11.8. The highest BCUT2D eigenvalue weighted by Crippen LogP contribution is 2.29. The number of benzene rings is 1. The Morgan fingerprint density at radius 3 is 2.59 bits per heavy atom. The number of carboxylic acid groups (broad SMARTS) is 1. The average molecular weight is 235 g/mol. The number of rotatable bonds is 4. The molecule has 0 heterocycles. The van der Waals surface area contributed by atoms with Gasteiger partial charge in [0.1, 0.15) is 5.75 Å². The lowest BCUT2D eigenvalue weighted by molar-refractivity contribution is -0.271. The van der Waals surface area contributed by atoms with Crippen LogP contribution in [0.4, 0.5) is 0 Å². The smallest absolute Gasteiger partial charge is 0.335 e. The molecule has 0 saturated carbocycles. The number of aromatic carboxylic acids is 1. The normalized spacial score (nSPS) is 9.82.